The van der Waals surface area contributed by atoms with Crippen LogP contribution in [0.2, 0.25) is 5.02 Å². The highest BCUT2D eigenvalue weighted by molar-refractivity contribution is 7.89. The van der Waals surface area contributed by atoms with E-state index < -0.39 is 16.1 Å². The van der Waals surface area contributed by atoms with Crippen LogP contribution in [0.25, 0.3) is 0 Å². The van der Waals surface area contributed by atoms with E-state index in [2.05, 4.69) is 10.0 Å². The van der Waals surface area contributed by atoms with Crippen molar-refractivity contribution < 1.29 is 17.9 Å². The molecule has 0 aliphatic heterocycles. The Morgan fingerprint density at radius 3 is 2.23 bits per heavy atom. The summed E-state index contributed by atoms with van der Waals surface area (Å²) in [5.74, 6) is 0.520. The van der Waals surface area contributed by atoms with Gasteiger partial charge in [0.05, 0.1) is 10.9 Å². The molecule has 164 valence electrons. The van der Waals surface area contributed by atoms with Gasteiger partial charge in [-0.2, -0.15) is 0 Å². The second-order valence-electron chi connectivity index (χ2n) is 7.25. The average Bonchev–Trinajstić information content (AvgIpc) is 2.68. The first-order valence-electron chi connectivity index (χ1n) is 9.60. The summed E-state index contributed by atoms with van der Waals surface area (Å²) in [5.41, 5.74) is 0.529. The standard InChI is InChI=1S/C21H28ClN3O4S/c1-15(2)24-30(27,28)20-11-7-18(8-12-20)23-21(26)16(3)25(4)13-14-29-19-9-5-17(22)6-10-19/h5-12,15-16,24H,13-14H2,1-4H3,(H,23,26). The van der Waals surface area contributed by atoms with Gasteiger partial charge in [0.25, 0.3) is 0 Å². The number of anilines is 1. The number of nitrogens with one attached hydrogen (secondary N) is 2. The van der Waals surface area contributed by atoms with Gasteiger partial charge in [0, 0.05) is 23.3 Å². The second-order valence-corrected chi connectivity index (χ2v) is 9.40. The monoisotopic (exact) mass is 453 g/mol. The smallest absolute Gasteiger partial charge is 0.241 e. The van der Waals surface area contributed by atoms with Gasteiger partial charge in [0.15, 0.2) is 0 Å². The Bertz CT molecular complexity index is 932. The van der Waals surface area contributed by atoms with Gasteiger partial charge in [-0.05, 0) is 76.3 Å². The normalized spacial score (nSPS) is 12.8. The molecule has 30 heavy (non-hydrogen) atoms. The second kappa shape index (κ2) is 10.8. The molecular formula is C21H28ClN3O4S. The zero-order valence-electron chi connectivity index (χ0n) is 17.6. The number of halogens is 1. The van der Waals surface area contributed by atoms with Crippen molar-refractivity contribution in [1.82, 2.24) is 9.62 Å². The van der Waals surface area contributed by atoms with E-state index in [0.717, 1.165) is 0 Å². The quantitative estimate of drug-likeness (QED) is 0.576. The summed E-state index contributed by atoms with van der Waals surface area (Å²) in [6, 6.07) is 12.6. The van der Waals surface area contributed by atoms with Gasteiger partial charge < -0.3 is 10.1 Å². The number of ether oxygens (including phenoxy) is 1. The molecule has 2 aromatic carbocycles. The van der Waals surface area contributed by atoms with Crippen LogP contribution in [0.3, 0.4) is 0 Å². The van der Waals surface area contributed by atoms with Gasteiger partial charge in [0.2, 0.25) is 15.9 Å². The highest BCUT2D eigenvalue weighted by Crippen LogP contribution is 2.16. The number of benzene rings is 2. The van der Waals surface area contributed by atoms with Crippen LogP contribution in [-0.4, -0.2) is 51.5 Å². The zero-order valence-corrected chi connectivity index (χ0v) is 19.1. The number of rotatable bonds is 10. The van der Waals surface area contributed by atoms with E-state index in [-0.39, 0.29) is 16.8 Å². The van der Waals surface area contributed by atoms with Gasteiger partial charge in [-0.25, -0.2) is 13.1 Å². The molecule has 2 rings (SSSR count). The molecule has 0 aliphatic rings. The maximum atomic E-state index is 12.5. The lowest BCUT2D eigenvalue weighted by molar-refractivity contribution is -0.120. The van der Waals surface area contributed by atoms with E-state index in [0.29, 0.717) is 29.6 Å². The third-order valence-corrected chi connectivity index (χ3v) is 6.32. The molecule has 7 nitrogen and oxygen atoms in total. The number of carbonyl (C=O) groups is 1. The largest absolute Gasteiger partial charge is 0.492 e. The molecule has 1 amide bonds. The lowest BCUT2D eigenvalue weighted by Gasteiger charge is -2.24. The lowest BCUT2D eigenvalue weighted by atomic mass is 10.2. The first kappa shape index (κ1) is 24.1. The molecule has 0 aromatic heterocycles. The molecule has 0 heterocycles. The maximum Gasteiger partial charge on any atom is 0.241 e. The number of nitrogens with zero attached hydrogens (tertiary/aromatic N) is 1. The summed E-state index contributed by atoms with van der Waals surface area (Å²) in [4.78, 5) is 14.5. The number of hydrogen-bond donors (Lipinski definition) is 2. The molecule has 0 saturated heterocycles. The Morgan fingerprint density at radius 2 is 1.67 bits per heavy atom. The van der Waals surface area contributed by atoms with Gasteiger partial charge in [0.1, 0.15) is 12.4 Å². The minimum Gasteiger partial charge on any atom is -0.492 e. The van der Waals surface area contributed by atoms with E-state index in [1.807, 2.05) is 11.9 Å². The van der Waals surface area contributed by atoms with Crippen molar-refractivity contribution in [2.24, 2.45) is 0 Å². The fourth-order valence-electron chi connectivity index (χ4n) is 2.57. The van der Waals surface area contributed by atoms with Gasteiger partial charge in [-0.15, -0.1) is 0 Å². The molecule has 1 atom stereocenters. The molecule has 0 bridgehead atoms. The van der Waals surface area contributed by atoms with E-state index in [1.165, 1.54) is 12.1 Å². The van der Waals surface area contributed by atoms with Crippen LogP contribution in [0.15, 0.2) is 53.4 Å². The predicted octanol–water partition coefficient (Wildman–Crippen LogP) is 3.36. The van der Waals surface area contributed by atoms with Gasteiger partial charge in [-0.1, -0.05) is 11.6 Å². The zero-order chi connectivity index (χ0) is 22.3. The van der Waals surface area contributed by atoms with Crippen LogP contribution in [0.5, 0.6) is 5.75 Å². The third kappa shape index (κ3) is 7.28. The van der Waals surface area contributed by atoms with Crippen molar-refractivity contribution in [2.75, 3.05) is 25.5 Å². The summed E-state index contributed by atoms with van der Waals surface area (Å²) in [7, 11) is -1.73. The number of amides is 1. The molecule has 2 aromatic rings. The van der Waals surface area contributed by atoms with Gasteiger partial charge >= 0.3 is 0 Å². The van der Waals surface area contributed by atoms with Crippen LogP contribution in [0, 0.1) is 0 Å². The lowest BCUT2D eigenvalue weighted by Crippen LogP contribution is -2.41. The predicted molar refractivity (Wildman–Crippen MR) is 120 cm³/mol. The van der Waals surface area contributed by atoms with Crippen molar-refractivity contribution in [3.8, 4) is 5.75 Å². The van der Waals surface area contributed by atoms with Crippen LogP contribution in [0.1, 0.15) is 20.8 Å². The Kier molecular flexibility index (Phi) is 8.66. The number of hydrogen-bond acceptors (Lipinski definition) is 5. The first-order valence-corrected chi connectivity index (χ1v) is 11.5. The number of likely N-dealkylation sites (N-methyl/N-ethyl adjacent to an activating group) is 1. The summed E-state index contributed by atoms with van der Waals surface area (Å²) < 4.78 is 32.5. The van der Waals surface area contributed by atoms with Crippen LogP contribution in [0.4, 0.5) is 5.69 Å². The summed E-state index contributed by atoms with van der Waals surface area (Å²) in [6.45, 7) is 6.28. The highest BCUT2D eigenvalue weighted by Gasteiger charge is 2.19. The SMILES string of the molecule is CC(C)NS(=O)(=O)c1ccc(NC(=O)C(C)N(C)CCOc2ccc(Cl)cc2)cc1. The Morgan fingerprint density at radius 1 is 1.07 bits per heavy atom. The van der Waals surface area contributed by atoms with E-state index in [1.54, 1.807) is 57.2 Å². The van der Waals surface area contributed by atoms with Gasteiger partial charge in [-0.3, -0.25) is 9.69 Å². The molecule has 9 heteroatoms. The van der Waals surface area contributed by atoms with E-state index in [4.69, 9.17) is 16.3 Å². The summed E-state index contributed by atoms with van der Waals surface area (Å²) in [6.07, 6.45) is 0. The molecule has 0 radical (unpaired) electrons. The minimum absolute atomic E-state index is 0.152. The van der Waals surface area contributed by atoms with Crippen molar-refractivity contribution >= 4 is 33.2 Å². The van der Waals surface area contributed by atoms with Crippen molar-refractivity contribution in [1.29, 1.82) is 0 Å². The van der Waals surface area contributed by atoms with Crippen LogP contribution in [-0.2, 0) is 14.8 Å². The minimum atomic E-state index is -3.56. The molecule has 0 aliphatic carbocycles. The number of carbonyl (C=O) groups excluding carboxylic acids is 1. The first-order chi connectivity index (χ1) is 14.1. The average molecular weight is 454 g/mol. The highest BCUT2D eigenvalue weighted by atomic mass is 35.5. The molecule has 2 N–H and O–H groups in total. The van der Waals surface area contributed by atoms with Crippen molar-refractivity contribution in [3.05, 3.63) is 53.6 Å². The molecule has 0 fully saturated rings. The van der Waals surface area contributed by atoms with Crippen LogP contribution < -0.4 is 14.8 Å². The molecule has 0 saturated carbocycles. The fraction of sp³-hybridized carbons (Fsp3) is 0.381. The van der Waals surface area contributed by atoms with Crippen LogP contribution >= 0.6 is 11.6 Å². The van der Waals surface area contributed by atoms with E-state index >= 15 is 0 Å². The fourth-order valence-corrected chi connectivity index (χ4v) is 3.95. The third-order valence-electron chi connectivity index (χ3n) is 4.39. The molecule has 1 unspecified atom stereocenters. The Hall–Kier alpha value is -2.13. The molecular weight excluding hydrogens is 426 g/mol. The summed E-state index contributed by atoms with van der Waals surface area (Å²) >= 11 is 5.85. The maximum absolute atomic E-state index is 12.5. The van der Waals surface area contributed by atoms with Crippen molar-refractivity contribution in [3.63, 3.8) is 0 Å². The Balaban J connectivity index is 1.86. The summed E-state index contributed by atoms with van der Waals surface area (Å²) in [5, 5.41) is 3.45. The topological polar surface area (TPSA) is 87.7 Å². The Labute approximate surface area is 183 Å². The number of sulfonamides is 1. The van der Waals surface area contributed by atoms with Crippen molar-refractivity contribution in [2.45, 2.75) is 37.8 Å². The van der Waals surface area contributed by atoms with E-state index in [9.17, 15) is 13.2 Å². The molecule has 0 spiro atoms.